The van der Waals surface area contributed by atoms with Gasteiger partial charge in [0.15, 0.2) is 5.82 Å². The van der Waals surface area contributed by atoms with Crippen molar-refractivity contribution in [3.8, 4) is 5.69 Å². The van der Waals surface area contributed by atoms with E-state index < -0.39 is 17.4 Å². The fourth-order valence-electron chi connectivity index (χ4n) is 5.04. The van der Waals surface area contributed by atoms with E-state index >= 15 is 4.39 Å². The first-order valence-corrected chi connectivity index (χ1v) is 13.3. The Morgan fingerprint density at radius 3 is 2.60 bits per heavy atom. The molecule has 1 aliphatic heterocycles. The zero-order valence-corrected chi connectivity index (χ0v) is 23.3. The SMILES string of the molecule is C=C(C)C1CN(c2c(Cl)ccnc2C)C(=O)c2cc(F)c(-n3nc(COCc4ccccc4)n(CC)c3=O)cc21. The smallest absolute Gasteiger partial charge is 0.350 e. The van der Waals surface area contributed by atoms with Crippen molar-refractivity contribution in [3.63, 3.8) is 0 Å². The third-order valence-electron chi connectivity index (χ3n) is 7.08. The van der Waals surface area contributed by atoms with Crippen molar-refractivity contribution in [2.24, 2.45) is 0 Å². The molecule has 1 aliphatic rings. The van der Waals surface area contributed by atoms with E-state index in [2.05, 4.69) is 16.7 Å². The van der Waals surface area contributed by atoms with Gasteiger partial charge in [0, 0.05) is 30.8 Å². The van der Waals surface area contributed by atoms with Crippen molar-refractivity contribution in [2.45, 2.75) is 46.4 Å². The molecule has 2 aromatic carbocycles. The highest BCUT2D eigenvalue weighted by Gasteiger charge is 2.36. The third-order valence-corrected chi connectivity index (χ3v) is 7.39. The molecular formula is C30H29ClFN5O3. The highest BCUT2D eigenvalue weighted by Crippen LogP contribution is 2.39. The fourth-order valence-corrected chi connectivity index (χ4v) is 5.34. The van der Waals surface area contributed by atoms with E-state index in [9.17, 15) is 9.59 Å². The van der Waals surface area contributed by atoms with Gasteiger partial charge in [-0.2, -0.15) is 4.68 Å². The molecule has 0 bridgehead atoms. The summed E-state index contributed by atoms with van der Waals surface area (Å²) in [5.74, 6) is -1.11. The molecule has 1 unspecified atom stereocenters. The predicted molar refractivity (Wildman–Crippen MR) is 152 cm³/mol. The van der Waals surface area contributed by atoms with Crippen LogP contribution in [-0.4, -0.2) is 31.8 Å². The number of hydrogen-bond acceptors (Lipinski definition) is 5. The molecule has 3 heterocycles. The Labute approximate surface area is 236 Å². The number of pyridine rings is 1. The van der Waals surface area contributed by atoms with Crippen LogP contribution in [0.3, 0.4) is 0 Å². The summed E-state index contributed by atoms with van der Waals surface area (Å²) in [4.78, 5) is 32.7. The Morgan fingerprint density at radius 1 is 1.18 bits per heavy atom. The van der Waals surface area contributed by atoms with Gasteiger partial charge in [-0.15, -0.1) is 5.10 Å². The highest BCUT2D eigenvalue weighted by atomic mass is 35.5. The number of halogens is 2. The summed E-state index contributed by atoms with van der Waals surface area (Å²) in [5.41, 5.74) is 3.04. The van der Waals surface area contributed by atoms with E-state index in [0.717, 1.165) is 21.9 Å². The van der Waals surface area contributed by atoms with Gasteiger partial charge in [-0.05, 0) is 50.1 Å². The molecule has 8 nitrogen and oxygen atoms in total. The van der Waals surface area contributed by atoms with Gasteiger partial charge in [0.1, 0.15) is 18.1 Å². The highest BCUT2D eigenvalue weighted by molar-refractivity contribution is 6.34. The Hall–Kier alpha value is -4.08. The van der Waals surface area contributed by atoms with Crippen LogP contribution in [-0.2, 0) is 24.5 Å². The van der Waals surface area contributed by atoms with Gasteiger partial charge in [-0.1, -0.05) is 54.1 Å². The van der Waals surface area contributed by atoms with Gasteiger partial charge in [-0.3, -0.25) is 14.3 Å². The molecule has 206 valence electrons. The molecule has 0 aliphatic carbocycles. The zero-order chi connectivity index (χ0) is 28.6. The second-order valence-corrected chi connectivity index (χ2v) is 10.2. The number of carbonyl (C=O) groups excluding carboxylic acids is 1. The van der Waals surface area contributed by atoms with Gasteiger partial charge in [0.05, 0.1) is 23.0 Å². The second kappa shape index (κ2) is 11.2. The maximum Gasteiger partial charge on any atom is 0.350 e. The largest absolute Gasteiger partial charge is 0.369 e. The molecule has 40 heavy (non-hydrogen) atoms. The van der Waals surface area contributed by atoms with Crippen LogP contribution in [0.15, 0.2) is 71.7 Å². The lowest BCUT2D eigenvalue weighted by Crippen LogP contribution is -2.41. The van der Waals surface area contributed by atoms with Crippen LogP contribution in [0.1, 0.15) is 52.8 Å². The summed E-state index contributed by atoms with van der Waals surface area (Å²) in [6.07, 6.45) is 1.57. The minimum atomic E-state index is -0.747. The lowest BCUT2D eigenvalue weighted by atomic mass is 9.84. The molecule has 2 aromatic heterocycles. The lowest BCUT2D eigenvalue weighted by molar-refractivity contribution is 0.0977. The van der Waals surface area contributed by atoms with E-state index in [4.69, 9.17) is 16.3 Å². The van der Waals surface area contributed by atoms with Crippen LogP contribution < -0.4 is 10.6 Å². The number of hydrogen-bond donors (Lipinski definition) is 0. The van der Waals surface area contributed by atoms with Crippen molar-refractivity contribution in [1.29, 1.82) is 0 Å². The maximum absolute atomic E-state index is 15.7. The van der Waals surface area contributed by atoms with Gasteiger partial charge in [0.25, 0.3) is 5.91 Å². The fraction of sp³-hybridized carbons (Fsp3) is 0.267. The first kappa shape index (κ1) is 27.5. The van der Waals surface area contributed by atoms with Crippen LogP contribution in [0.4, 0.5) is 10.1 Å². The average Bonchev–Trinajstić information content (AvgIpc) is 3.24. The van der Waals surface area contributed by atoms with Crippen molar-refractivity contribution < 1.29 is 13.9 Å². The molecule has 0 spiro atoms. The topological polar surface area (TPSA) is 82.2 Å². The molecule has 0 saturated carbocycles. The second-order valence-electron chi connectivity index (χ2n) is 9.77. The number of rotatable bonds is 8. The normalized spacial score (nSPS) is 14.9. The quantitative estimate of drug-likeness (QED) is 0.262. The Morgan fingerprint density at radius 2 is 1.93 bits per heavy atom. The summed E-state index contributed by atoms with van der Waals surface area (Å²) in [6.45, 7) is 10.6. The molecule has 1 amide bonds. The molecule has 0 fully saturated rings. The monoisotopic (exact) mass is 561 g/mol. The molecule has 0 saturated heterocycles. The Kier molecular flexibility index (Phi) is 7.69. The summed E-state index contributed by atoms with van der Waals surface area (Å²) >= 11 is 6.45. The van der Waals surface area contributed by atoms with Crippen LogP contribution in [0.25, 0.3) is 5.69 Å². The number of carbonyl (C=O) groups is 1. The first-order valence-electron chi connectivity index (χ1n) is 12.9. The maximum atomic E-state index is 15.7. The van der Waals surface area contributed by atoms with Crippen LogP contribution in [0.5, 0.6) is 0 Å². The number of nitrogens with zero attached hydrogens (tertiary/aromatic N) is 5. The molecular weight excluding hydrogens is 533 g/mol. The van der Waals surface area contributed by atoms with E-state index in [0.29, 0.717) is 40.9 Å². The average molecular weight is 562 g/mol. The number of aryl methyl sites for hydroxylation is 1. The van der Waals surface area contributed by atoms with E-state index in [1.807, 2.05) is 44.2 Å². The number of ether oxygens (including phenoxy) is 1. The van der Waals surface area contributed by atoms with Crippen molar-refractivity contribution >= 4 is 23.2 Å². The van der Waals surface area contributed by atoms with Crippen LogP contribution >= 0.6 is 11.6 Å². The van der Waals surface area contributed by atoms with Gasteiger partial charge < -0.3 is 9.64 Å². The van der Waals surface area contributed by atoms with Gasteiger partial charge >= 0.3 is 5.69 Å². The standard InChI is InChI=1S/C30H29ClFN5O3/c1-5-35-27(17-40-16-20-9-7-6-8-10-20)34-37(30(35)39)26-14-21-22(13-25(26)32)29(38)36(15-23(21)18(2)3)28-19(4)33-12-11-24(28)31/h6-14,23H,2,5,15-17H2,1,3-4H3. The molecule has 0 radical (unpaired) electrons. The zero-order valence-electron chi connectivity index (χ0n) is 22.5. The molecule has 4 aromatic rings. The number of benzene rings is 2. The number of amides is 1. The summed E-state index contributed by atoms with van der Waals surface area (Å²) in [7, 11) is 0. The predicted octanol–water partition coefficient (Wildman–Crippen LogP) is 5.59. The summed E-state index contributed by atoms with van der Waals surface area (Å²) in [6, 6.07) is 14.0. The summed E-state index contributed by atoms with van der Waals surface area (Å²) < 4.78 is 24.0. The van der Waals surface area contributed by atoms with E-state index in [1.54, 1.807) is 19.2 Å². The van der Waals surface area contributed by atoms with Gasteiger partial charge in [-0.25, -0.2) is 9.18 Å². The van der Waals surface area contributed by atoms with E-state index in [1.165, 1.54) is 15.5 Å². The lowest BCUT2D eigenvalue weighted by Gasteiger charge is -2.36. The Balaban J connectivity index is 1.53. The number of fused-ring (bicyclic) bond motifs is 1. The van der Waals surface area contributed by atoms with Crippen molar-refractivity contribution in [3.05, 3.63) is 116 Å². The Bertz CT molecular complexity index is 1640. The van der Waals surface area contributed by atoms with Gasteiger partial charge in [0.2, 0.25) is 0 Å². The minimum Gasteiger partial charge on any atom is -0.369 e. The molecule has 5 rings (SSSR count). The number of anilines is 1. The minimum absolute atomic E-state index is 0.0386. The summed E-state index contributed by atoms with van der Waals surface area (Å²) in [5, 5.41) is 4.80. The third kappa shape index (κ3) is 4.98. The van der Waals surface area contributed by atoms with Crippen LogP contribution in [0.2, 0.25) is 5.02 Å². The first-order chi connectivity index (χ1) is 19.2. The molecule has 10 heteroatoms. The van der Waals surface area contributed by atoms with Crippen LogP contribution in [0, 0.1) is 12.7 Å². The number of aromatic nitrogens is 4. The van der Waals surface area contributed by atoms with E-state index in [-0.39, 0.29) is 30.3 Å². The van der Waals surface area contributed by atoms with Crippen molar-refractivity contribution in [2.75, 3.05) is 11.4 Å². The van der Waals surface area contributed by atoms with Crippen molar-refractivity contribution in [1.82, 2.24) is 19.3 Å². The molecule has 0 N–H and O–H groups in total. The molecule has 1 atom stereocenters.